The topological polar surface area (TPSA) is 33.1 Å². The Labute approximate surface area is 86.0 Å². The molecule has 0 fully saturated rings. The van der Waals surface area contributed by atoms with Crippen LogP contribution in [0.1, 0.15) is 36.2 Å². The van der Waals surface area contributed by atoms with Crippen LogP contribution < -0.4 is 0 Å². The summed E-state index contributed by atoms with van der Waals surface area (Å²) >= 11 is 0. The monoisotopic (exact) mass is 193 g/mol. The molecule has 1 aromatic heterocycles. The number of hydrogen-bond donors (Lipinski definition) is 1. The molecule has 0 unspecified atom stereocenters. The first-order valence-electron chi connectivity index (χ1n) is 5.11. The van der Waals surface area contributed by atoms with Crippen molar-refractivity contribution in [3.05, 3.63) is 28.6 Å². The fourth-order valence-corrected chi connectivity index (χ4v) is 1.68. The standard InChI is InChI=1S/C12H19NO/c1-8(2)5-12-9(3)11(7-14)6-13-10(12)4/h6,8,14H,5,7H2,1-4H3. The Morgan fingerprint density at radius 2 is 2.00 bits per heavy atom. The van der Waals surface area contributed by atoms with Gasteiger partial charge < -0.3 is 5.11 Å². The van der Waals surface area contributed by atoms with Crippen molar-refractivity contribution in [1.29, 1.82) is 0 Å². The third kappa shape index (κ3) is 2.32. The maximum absolute atomic E-state index is 9.13. The SMILES string of the molecule is Cc1ncc(CO)c(C)c1CC(C)C. The average Bonchev–Trinajstić information content (AvgIpc) is 2.12. The van der Waals surface area contributed by atoms with Crippen LogP contribution in [0, 0.1) is 19.8 Å². The molecule has 0 spiro atoms. The fourth-order valence-electron chi connectivity index (χ4n) is 1.68. The second kappa shape index (κ2) is 4.56. The predicted octanol–water partition coefficient (Wildman–Crippen LogP) is 2.39. The van der Waals surface area contributed by atoms with Crippen molar-refractivity contribution in [3.8, 4) is 0 Å². The number of aryl methyl sites for hydroxylation is 1. The minimum atomic E-state index is 0.0875. The lowest BCUT2D eigenvalue weighted by atomic mass is 9.95. The van der Waals surface area contributed by atoms with Crippen molar-refractivity contribution in [2.24, 2.45) is 5.92 Å². The van der Waals surface area contributed by atoms with Gasteiger partial charge in [0.2, 0.25) is 0 Å². The van der Waals surface area contributed by atoms with Gasteiger partial charge in [-0.1, -0.05) is 13.8 Å². The van der Waals surface area contributed by atoms with E-state index < -0.39 is 0 Å². The van der Waals surface area contributed by atoms with Crippen LogP contribution in [0.4, 0.5) is 0 Å². The van der Waals surface area contributed by atoms with E-state index in [1.54, 1.807) is 6.20 Å². The summed E-state index contributed by atoms with van der Waals surface area (Å²) in [7, 11) is 0. The first kappa shape index (κ1) is 11.2. The van der Waals surface area contributed by atoms with Crippen LogP contribution in [0.15, 0.2) is 6.20 Å². The van der Waals surface area contributed by atoms with Crippen LogP contribution in [0.25, 0.3) is 0 Å². The van der Waals surface area contributed by atoms with E-state index in [2.05, 4.69) is 25.8 Å². The zero-order valence-electron chi connectivity index (χ0n) is 9.46. The van der Waals surface area contributed by atoms with Crippen LogP contribution >= 0.6 is 0 Å². The molecule has 0 saturated carbocycles. The summed E-state index contributed by atoms with van der Waals surface area (Å²) in [6.07, 6.45) is 2.81. The number of nitrogens with zero attached hydrogens (tertiary/aromatic N) is 1. The molecule has 1 rings (SSSR count). The van der Waals surface area contributed by atoms with Crippen molar-refractivity contribution in [2.75, 3.05) is 0 Å². The van der Waals surface area contributed by atoms with Gasteiger partial charge in [0.1, 0.15) is 0 Å². The smallest absolute Gasteiger partial charge is 0.0699 e. The molecular weight excluding hydrogens is 174 g/mol. The highest BCUT2D eigenvalue weighted by Gasteiger charge is 2.09. The molecule has 0 bridgehead atoms. The molecule has 0 radical (unpaired) electrons. The molecule has 0 aliphatic rings. The molecule has 0 amide bonds. The largest absolute Gasteiger partial charge is 0.392 e. The van der Waals surface area contributed by atoms with Gasteiger partial charge in [-0.05, 0) is 42.9 Å². The van der Waals surface area contributed by atoms with E-state index in [0.29, 0.717) is 5.92 Å². The molecule has 0 aromatic carbocycles. The van der Waals surface area contributed by atoms with Gasteiger partial charge >= 0.3 is 0 Å². The van der Waals surface area contributed by atoms with Crippen LogP contribution in [-0.4, -0.2) is 10.1 Å². The predicted molar refractivity (Wildman–Crippen MR) is 58.2 cm³/mol. The van der Waals surface area contributed by atoms with E-state index in [1.165, 1.54) is 11.1 Å². The molecule has 0 atom stereocenters. The van der Waals surface area contributed by atoms with Gasteiger partial charge in [0, 0.05) is 11.9 Å². The molecule has 0 saturated heterocycles. The van der Waals surface area contributed by atoms with Gasteiger partial charge in [-0.15, -0.1) is 0 Å². The molecule has 0 aliphatic heterocycles. The van der Waals surface area contributed by atoms with Crippen LogP contribution in [-0.2, 0) is 13.0 Å². The summed E-state index contributed by atoms with van der Waals surface area (Å²) in [6.45, 7) is 8.59. The van der Waals surface area contributed by atoms with E-state index >= 15 is 0 Å². The minimum absolute atomic E-state index is 0.0875. The molecule has 1 aromatic rings. The third-order valence-corrected chi connectivity index (χ3v) is 2.57. The number of pyridine rings is 1. The Morgan fingerprint density at radius 1 is 1.36 bits per heavy atom. The van der Waals surface area contributed by atoms with Gasteiger partial charge in [0.25, 0.3) is 0 Å². The Kier molecular flexibility index (Phi) is 3.64. The van der Waals surface area contributed by atoms with Gasteiger partial charge in [0.05, 0.1) is 6.61 Å². The highest BCUT2D eigenvalue weighted by atomic mass is 16.3. The van der Waals surface area contributed by atoms with Crippen LogP contribution in [0.3, 0.4) is 0 Å². The van der Waals surface area contributed by atoms with Gasteiger partial charge in [0.15, 0.2) is 0 Å². The summed E-state index contributed by atoms with van der Waals surface area (Å²) < 4.78 is 0. The second-order valence-electron chi connectivity index (χ2n) is 4.23. The summed E-state index contributed by atoms with van der Waals surface area (Å²) in [5, 5.41) is 9.13. The molecule has 1 heterocycles. The van der Waals surface area contributed by atoms with Gasteiger partial charge in [-0.25, -0.2) is 0 Å². The van der Waals surface area contributed by atoms with E-state index in [4.69, 9.17) is 5.11 Å². The lowest BCUT2D eigenvalue weighted by Crippen LogP contribution is -2.05. The Bertz CT molecular complexity index is 318. The Hall–Kier alpha value is -0.890. The number of rotatable bonds is 3. The number of hydrogen-bond acceptors (Lipinski definition) is 2. The fraction of sp³-hybridized carbons (Fsp3) is 0.583. The lowest BCUT2D eigenvalue weighted by Gasteiger charge is -2.13. The van der Waals surface area contributed by atoms with Gasteiger partial charge in [-0.3, -0.25) is 4.98 Å². The van der Waals surface area contributed by atoms with Crippen molar-refractivity contribution in [2.45, 2.75) is 40.7 Å². The van der Waals surface area contributed by atoms with E-state index in [9.17, 15) is 0 Å². The highest BCUT2D eigenvalue weighted by Crippen LogP contribution is 2.19. The van der Waals surface area contributed by atoms with Crippen LogP contribution in [0.5, 0.6) is 0 Å². The minimum Gasteiger partial charge on any atom is -0.392 e. The third-order valence-electron chi connectivity index (χ3n) is 2.57. The summed E-state index contributed by atoms with van der Waals surface area (Å²) in [6, 6.07) is 0. The van der Waals surface area contributed by atoms with E-state index in [1.807, 2.05) is 6.92 Å². The molecule has 2 heteroatoms. The van der Waals surface area contributed by atoms with Crippen molar-refractivity contribution >= 4 is 0 Å². The maximum atomic E-state index is 9.13. The van der Waals surface area contributed by atoms with Gasteiger partial charge in [-0.2, -0.15) is 0 Å². The number of aliphatic hydroxyl groups is 1. The Morgan fingerprint density at radius 3 is 2.50 bits per heavy atom. The maximum Gasteiger partial charge on any atom is 0.0699 e. The lowest BCUT2D eigenvalue weighted by molar-refractivity contribution is 0.280. The van der Waals surface area contributed by atoms with E-state index in [-0.39, 0.29) is 6.61 Å². The first-order chi connectivity index (χ1) is 6.56. The van der Waals surface area contributed by atoms with Crippen molar-refractivity contribution in [3.63, 3.8) is 0 Å². The summed E-state index contributed by atoms with van der Waals surface area (Å²) in [5.41, 5.74) is 4.54. The Balaban J connectivity index is 3.11. The molecule has 1 N–H and O–H groups in total. The molecular formula is C12H19NO. The molecule has 14 heavy (non-hydrogen) atoms. The summed E-state index contributed by atoms with van der Waals surface area (Å²) in [5.74, 6) is 0.628. The molecule has 0 aliphatic carbocycles. The quantitative estimate of drug-likeness (QED) is 0.799. The number of aromatic nitrogens is 1. The molecule has 78 valence electrons. The van der Waals surface area contributed by atoms with Crippen molar-refractivity contribution in [1.82, 2.24) is 4.98 Å². The zero-order valence-corrected chi connectivity index (χ0v) is 9.46. The number of aliphatic hydroxyl groups excluding tert-OH is 1. The highest BCUT2D eigenvalue weighted by molar-refractivity contribution is 5.35. The summed E-state index contributed by atoms with van der Waals surface area (Å²) in [4.78, 5) is 4.30. The van der Waals surface area contributed by atoms with E-state index in [0.717, 1.165) is 17.7 Å². The van der Waals surface area contributed by atoms with Crippen LogP contribution in [0.2, 0.25) is 0 Å². The van der Waals surface area contributed by atoms with Crippen molar-refractivity contribution < 1.29 is 5.11 Å². The average molecular weight is 193 g/mol. The molecule has 2 nitrogen and oxygen atoms in total. The first-order valence-corrected chi connectivity index (χ1v) is 5.11. The second-order valence-corrected chi connectivity index (χ2v) is 4.23. The zero-order chi connectivity index (χ0) is 10.7. The normalized spacial score (nSPS) is 11.0.